The van der Waals surface area contributed by atoms with E-state index >= 15 is 0 Å². The van der Waals surface area contributed by atoms with E-state index in [-0.39, 0.29) is 19.3 Å². The van der Waals surface area contributed by atoms with Gasteiger partial charge in [-0.3, -0.25) is 0 Å². The van der Waals surface area contributed by atoms with Crippen LogP contribution >= 0.6 is 45.2 Å². The van der Waals surface area contributed by atoms with E-state index in [0.717, 1.165) is 25.7 Å². The molecule has 0 amide bonds. The van der Waals surface area contributed by atoms with Gasteiger partial charge in [0.05, 0.1) is 11.1 Å². The van der Waals surface area contributed by atoms with Gasteiger partial charge in [-0.25, -0.2) is 9.59 Å². The molecule has 0 bridgehead atoms. The van der Waals surface area contributed by atoms with Crippen molar-refractivity contribution >= 4 is 57.1 Å². The molecule has 2 unspecified atom stereocenters. The van der Waals surface area contributed by atoms with Crippen molar-refractivity contribution in [3.05, 3.63) is 35.4 Å². The van der Waals surface area contributed by atoms with E-state index in [4.69, 9.17) is 9.47 Å². The number of benzene rings is 1. The van der Waals surface area contributed by atoms with Gasteiger partial charge >= 0.3 is 11.9 Å². The van der Waals surface area contributed by atoms with Crippen molar-refractivity contribution in [2.75, 3.05) is 0 Å². The molecule has 0 fully saturated rings. The van der Waals surface area contributed by atoms with Crippen molar-refractivity contribution in [2.24, 2.45) is 0 Å². The normalized spacial score (nSPS) is 12.8. The SMILES string of the molecule is CCCCCCCCCC(I)OC(=O)c1ccccc1C(=O)OC(I)CCCCCCCCC. The molecule has 1 rings (SSSR count). The quantitative estimate of drug-likeness (QED) is 0.0589. The molecular weight excluding hydrogens is 654 g/mol. The predicted molar refractivity (Wildman–Crippen MR) is 158 cm³/mol. The van der Waals surface area contributed by atoms with Gasteiger partial charge in [0.25, 0.3) is 0 Å². The fraction of sp³-hybridized carbons (Fsp3) is 0.714. The van der Waals surface area contributed by atoms with Crippen molar-refractivity contribution < 1.29 is 19.1 Å². The molecule has 0 spiro atoms. The van der Waals surface area contributed by atoms with E-state index in [2.05, 4.69) is 59.0 Å². The predicted octanol–water partition coefficient (Wildman–Crippen LogP) is 9.80. The Morgan fingerprint density at radius 3 is 1.29 bits per heavy atom. The van der Waals surface area contributed by atoms with Gasteiger partial charge in [0.1, 0.15) is 0 Å². The third-order valence-electron chi connectivity index (χ3n) is 5.91. The largest absolute Gasteiger partial charge is 0.448 e. The fourth-order valence-corrected chi connectivity index (χ4v) is 5.18. The van der Waals surface area contributed by atoms with Crippen LogP contribution in [0.15, 0.2) is 24.3 Å². The van der Waals surface area contributed by atoms with E-state index < -0.39 is 11.9 Å². The smallest absolute Gasteiger partial charge is 0.340 e. The number of hydrogen-bond acceptors (Lipinski definition) is 4. The standard InChI is InChI=1S/C28H44I2O4/c1-3-5-7-9-11-13-15-21-25(29)33-27(31)23-19-17-18-20-24(23)28(32)34-26(30)22-16-14-12-10-8-6-4-2/h17-20,25-26H,3-16,21-22H2,1-2H3. The van der Waals surface area contributed by atoms with Crippen LogP contribution in [0.5, 0.6) is 0 Å². The number of carbonyl (C=O) groups is 2. The summed E-state index contributed by atoms with van der Waals surface area (Å²) in [4.78, 5) is 25.5. The lowest BCUT2D eigenvalue weighted by Crippen LogP contribution is -2.19. The first kappa shape index (κ1) is 31.6. The number of hydrogen-bond donors (Lipinski definition) is 0. The summed E-state index contributed by atoms with van der Waals surface area (Å²) in [6.07, 6.45) is 18.9. The first-order valence-electron chi connectivity index (χ1n) is 13.3. The van der Waals surface area contributed by atoms with Gasteiger partial charge < -0.3 is 9.47 Å². The van der Waals surface area contributed by atoms with Gasteiger partial charge in [-0.05, 0) is 83.0 Å². The third kappa shape index (κ3) is 14.9. The van der Waals surface area contributed by atoms with Gasteiger partial charge in [-0.15, -0.1) is 0 Å². The highest BCUT2D eigenvalue weighted by molar-refractivity contribution is 14.1. The second kappa shape index (κ2) is 20.8. The Labute approximate surface area is 235 Å². The maximum Gasteiger partial charge on any atom is 0.340 e. The molecule has 0 saturated heterocycles. The summed E-state index contributed by atoms with van der Waals surface area (Å²) in [5.74, 6) is -0.904. The van der Waals surface area contributed by atoms with Gasteiger partial charge in [0.2, 0.25) is 0 Å². The van der Waals surface area contributed by atoms with Gasteiger partial charge in [0.15, 0.2) is 8.22 Å². The summed E-state index contributed by atoms with van der Waals surface area (Å²) in [7, 11) is 0. The van der Waals surface area contributed by atoms with Crippen LogP contribution in [0.2, 0.25) is 0 Å². The molecule has 6 heteroatoms. The average molecular weight is 698 g/mol. The number of halogens is 2. The molecule has 0 aliphatic rings. The molecule has 0 heterocycles. The highest BCUT2D eigenvalue weighted by atomic mass is 127. The summed E-state index contributed by atoms with van der Waals surface area (Å²) >= 11 is 4.35. The molecule has 34 heavy (non-hydrogen) atoms. The van der Waals surface area contributed by atoms with Gasteiger partial charge in [0, 0.05) is 0 Å². The van der Waals surface area contributed by atoms with E-state index in [1.807, 2.05) is 0 Å². The Balaban J connectivity index is 2.41. The highest BCUT2D eigenvalue weighted by Gasteiger charge is 2.22. The molecule has 194 valence electrons. The Kier molecular flexibility index (Phi) is 19.3. The summed E-state index contributed by atoms with van der Waals surface area (Å²) < 4.78 is 10.9. The van der Waals surface area contributed by atoms with Crippen LogP contribution in [-0.4, -0.2) is 20.2 Å². The monoisotopic (exact) mass is 698 g/mol. The van der Waals surface area contributed by atoms with Crippen LogP contribution in [0.1, 0.15) is 137 Å². The second-order valence-electron chi connectivity index (χ2n) is 9.00. The minimum absolute atomic E-state index is 0.195. The summed E-state index contributed by atoms with van der Waals surface area (Å²) in [6.45, 7) is 4.45. The molecule has 1 aromatic rings. The number of alkyl halides is 2. The summed E-state index contributed by atoms with van der Waals surface area (Å²) in [6, 6.07) is 6.81. The lowest BCUT2D eigenvalue weighted by molar-refractivity contribution is 0.0421. The molecule has 0 aliphatic carbocycles. The zero-order valence-electron chi connectivity index (χ0n) is 21.2. The Bertz CT molecular complexity index is 623. The minimum Gasteiger partial charge on any atom is -0.448 e. The molecule has 0 aliphatic heterocycles. The zero-order chi connectivity index (χ0) is 25.0. The molecular formula is C28H44I2O4. The van der Waals surface area contributed by atoms with E-state index in [1.54, 1.807) is 24.3 Å². The first-order valence-corrected chi connectivity index (χ1v) is 15.8. The van der Waals surface area contributed by atoms with Crippen molar-refractivity contribution in [3.8, 4) is 0 Å². The molecule has 4 nitrogen and oxygen atoms in total. The molecule has 1 aromatic carbocycles. The molecule has 0 radical (unpaired) electrons. The Morgan fingerprint density at radius 1 is 0.618 bits per heavy atom. The fourth-order valence-electron chi connectivity index (χ4n) is 3.84. The van der Waals surface area contributed by atoms with Crippen LogP contribution in [0, 0.1) is 0 Å². The number of carbonyl (C=O) groups excluding carboxylic acids is 2. The Hall–Kier alpha value is -0.380. The van der Waals surface area contributed by atoms with Crippen LogP contribution in [0.3, 0.4) is 0 Å². The Morgan fingerprint density at radius 2 is 0.941 bits per heavy atom. The lowest BCUT2D eigenvalue weighted by atomic mass is 10.1. The summed E-state index contributed by atoms with van der Waals surface area (Å²) in [5.41, 5.74) is 0.571. The lowest BCUT2D eigenvalue weighted by Gasteiger charge is -2.15. The maximum atomic E-state index is 12.8. The van der Waals surface area contributed by atoms with Crippen LogP contribution < -0.4 is 0 Å². The van der Waals surface area contributed by atoms with Crippen LogP contribution in [-0.2, 0) is 9.47 Å². The minimum atomic E-state index is -0.452. The van der Waals surface area contributed by atoms with Gasteiger partial charge in [-0.1, -0.05) is 103 Å². The van der Waals surface area contributed by atoms with Gasteiger partial charge in [-0.2, -0.15) is 0 Å². The van der Waals surface area contributed by atoms with Crippen molar-refractivity contribution in [1.29, 1.82) is 0 Å². The zero-order valence-corrected chi connectivity index (χ0v) is 25.5. The first-order chi connectivity index (χ1) is 16.5. The number of ether oxygens (including phenoxy) is 2. The van der Waals surface area contributed by atoms with Crippen LogP contribution in [0.4, 0.5) is 0 Å². The number of unbranched alkanes of at least 4 members (excludes halogenated alkanes) is 12. The van der Waals surface area contributed by atoms with E-state index in [1.165, 1.54) is 77.0 Å². The molecule has 2 atom stereocenters. The van der Waals surface area contributed by atoms with Crippen LogP contribution in [0.25, 0.3) is 0 Å². The maximum absolute atomic E-state index is 12.8. The van der Waals surface area contributed by atoms with Crippen molar-refractivity contribution in [3.63, 3.8) is 0 Å². The molecule has 0 aromatic heterocycles. The van der Waals surface area contributed by atoms with Crippen molar-refractivity contribution in [1.82, 2.24) is 0 Å². The number of rotatable bonds is 20. The highest BCUT2D eigenvalue weighted by Crippen LogP contribution is 2.21. The topological polar surface area (TPSA) is 52.6 Å². The average Bonchev–Trinajstić information content (AvgIpc) is 2.82. The summed E-state index contributed by atoms with van der Waals surface area (Å²) in [5, 5.41) is 0. The second-order valence-corrected chi connectivity index (χ2v) is 11.8. The third-order valence-corrected chi connectivity index (χ3v) is 7.66. The molecule has 0 N–H and O–H groups in total. The van der Waals surface area contributed by atoms with Crippen molar-refractivity contribution in [2.45, 2.75) is 125 Å². The van der Waals surface area contributed by atoms with E-state index in [0.29, 0.717) is 0 Å². The van der Waals surface area contributed by atoms with E-state index in [9.17, 15) is 9.59 Å². The molecule has 0 saturated carbocycles. The number of esters is 2.